The molecule has 2 fully saturated rings. The zero-order chi connectivity index (χ0) is 34.8. The highest BCUT2D eigenvalue weighted by molar-refractivity contribution is 7.12. The lowest BCUT2D eigenvalue weighted by molar-refractivity contribution is -0.117. The average Bonchev–Trinajstić information content (AvgIpc) is 3.56. The molecule has 4 aromatic heterocycles. The number of nitrogens with zero attached hydrogens (tertiary/aromatic N) is 4. The van der Waals surface area contributed by atoms with Gasteiger partial charge in [0.05, 0.1) is 28.6 Å². The van der Waals surface area contributed by atoms with E-state index in [1.54, 1.807) is 70.7 Å². The Morgan fingerprint density at radius 3 is 2.08 bits per heavy atom. The molecule has 5 heterocycles. The fraction of sp³-hybridized carbons (Fsp3) is 0.324. The molecule has 0 radical (unpaired) electrons. The Balaban J connectivity index is 0.964. The molecule has 1 spiro atoms. The van der Waals surface area contributed by atoms with Crippen LogP contribution in [0.1, 0.15) is 65.1 Å². The Morgan fingerprint density at radius 2 is 1.47 bits per heavy atom. The molecule has 6 N–H and O–H groups in total. The maximum Gasteiger partial charge on any atom is 0.272 e. The van der Waals surface area contributed by atoms with E-state index in [9.17, 15) is 24.0 Å². The van der Waals surface area contributed by atoms with Gasteiger partial charge in [0.25, 0.3) is 17.7 Å². The number of amides is 4. The molecule has 2 atom stereocenters. The lowest BCUT2D eigenvalue weighted by atomic mass is 9.84. The van der Waals surface area contributed by atoms with E-state index in [1.165, 1.54) is 17.2 Å². The first-order chi connectivity index (χ1) is 23.3. The second kappa shape index (κ2) is 11.8. The molecule has 4 amide bonds. The largest absolute Gasteiger partial charge is 0.370 e. The third-order valence-electron chi connectivity index (χ3n) is 9.62. The summed E-state index contributed by atoms with van der Waals surface area (Å²) in [5.41, 5.74) is 11.2. The van der Waals surface area contributed by atoms with Crippen LogP contribution < -0.4 is 27.0 Å². The minimum absolute atomic E-state index is 0.0213. The summed E-state index contributed by atoms with van der Waals surface area (Å²) >= 11 is 1.55. The van der Waals surface area contributed by atoms with Crippen molar-refractivity contribution in [3.8, 4) is 0 Å². The number of carbonyl (C=O) groups excluding carboxylic acids is 5. The van der Waals surface area contributed by atoms with E-state index in [2.05, 4.69) is 38.5 Å². The van der Waals surface area contributed by atoms with Crippen molar-refractivity contribution in [3.05, 3.63) is 87.0 Å². The second-order valence-corrected chi connectivity index (χ2v) is 13.9. The van der Waals surface area contributed by atoms with Crippen LogP contribution in [0.4, 0.5) is 17.1 Å². The number of carbonyl (C=O) groups is 5. The van der Waals surface area contributed by atoms with Crippen LogP contribution in [0, 0.1) is 12.8 Å². The number of likely N-dealkylation sites (tertiary alicyclic amines) is 1. The van der Waals surface area contributed by atoms with Gasteiger partial charge < -0.3 is 45.6 Å². The van der Waals surface area contributed by atoms with Crippen molar-refractivity contribution in [1.82, 2.24) is 23.9 Å². The summed E-state index contributed by atoms with van der Waals surface area (Å²) in [6.45, 7) is 3.60. The molecule has 0 aromatic carbocycles. The highest BCUT2D eigenvalue weighted by Gasteiger charge is 2.67. The summed E-state index contributed by atoms with van der Waals surface area (Å²) in [4.78, 5) is 65.9. The number of hydrogen-bond donors (Lipinski definition) is 5. The number of thiophene rings is 1. The molecular formula is C34H37N9O5S. The Hall–Kier alpha value is -5.57. The first kappa shape index (κ1) is 32.0. The third-order valence-corrected chi connectivity index (χ3v) is 10.7. The maximum atomic E-state index is 13.3. The summed E-state index contributed by atoms with van der Waals surface area (Å²) in [5, 5.41) is 13.8. The van der Waals surface area contributed by atoms with Gasteiger partial charge in [-0.1, -0.05) is 0 Å². The van der Waals surface area contributed by atoms with Crippen molar-refractivity contribution >= 4 is 57.8 Å². The van der Waals surface area contributed by atoms with Crippen molar-refractivity contribution in [2.75, 3.05) is 35.7 Å². The number of rotatable bonds is 11. The van der Waals surface area contributed by atoms with Crippen LogP contribution in [0.5, 0.6) is 0 Å². The average molecular weight is 684 g/mol. The summed E-state index contributed by atoms with van der Waals surface area (Å²) in [6.07, 6.45) is 8.01. The minimum atomic E-state index is -0.517. The predicted octanol–water partition coefficient (Wildman–Crippen LogP) is 2.90. The number of allylic oxidation sites excluding steroid dienone is 2. The van der Waals surface area contributed by atoms with Gasteiger partial charge in [-0.2, -0.15) is 0 Å². The second-order valence-electron chi connectivity index (χ2n) is 13.0. The summed E-state index contributed by atoms with van der Waals surface area (Å²) < 4.78 is 4.90. The fourth-order valence-corrected chi connectivity index (χ4v) is 8.30. The maximum absolute atomic E-state index is 13.3. The molecule has 0 unspecified atom stereocenters. The molecule has 7 rings (SSSR count). The van der Waals surface area contributed by atoms with Gasteiger partial charge in [-0.15, -0.1) is 11.3 Å². The van der Waals surface area contributed by atoms with E-state index in [1.807, 2.05) is 12.3 Å². The molecule has 1 saturated carbocycles. The van der Waals surface area contributed by atoms with Gasteiger partial charge in [0, 0.05) is 76.4 Å². The Morgan fingerprint density at radius 1 is 0.898 bits per heavy atom. The standard InChI is InChI=1S/C34H37N9O5S/c1-18-16-49-30-26(44)10-27-34(29(18)30)11-19(34)12-43(27)17-37-20-7-24(40(2)13-20)32(47)39-22-9-25(42(4)15-22)33(48)38-21-8-23(41(3)14-21)31(46)36-6-5-28(35)45/h7-10,13-16,19,37H,5-6,11-12,17H2,1-4H3,(H2,35,45)(H,36,46)(H,38,48)(H,39,47)/t19-,34+/m1/s1. The van der Waals surface area contributed by atoms with Crippen LogP contribution in [0.15, 0.2) is 53.9 Å². The van der Waals surface area contributed by atoms with E-state index in [-0.39, 0.29) is 30.1 Å². The van der Waals surface area contributed by atoms with Gasteiger partial charge in [-0.05, 0) is 54.0 Å². The molecular weight excluding hydrogens is 646 g/mol. The fourth-order valence-electron chi connectivity index (χ4n) is 7.26. The molecule has 0 bridgehead atoms. The number of aromatic nitrogens is 3. The zero-order valence-electron chi connectivity index (χ0n) is 27.5. The number of nitrogens with one attached hydrogen (secondary N) is 4. The molecule has 254 valence electrons. The van der Waals surface area contributed by atoms with Crippen LogP contribution in [-0.4, -0.2) is 67.8 Å². The number of primary amides is 1. The first-order valence-corrected chi connectivity index (χ1v) is 16.8. The number of piperidine rings is 1. The molecule has 1 saturated heterocycles. The van der Waals surface area contributed by atoms with Crippen LogP contribution in [0.2, 0.25) is 0 Å². The number of aryl methyl sites for hydroxylation is 4. The number of hydrogen-bond acceptors (Lipinski definition) is 8. The Bertz CT molecular complexity index is 2100. The highest BCUT2D eigenvalue weighted by atomic mass is 32.1. The van der Waals surface area contributed by atoms with E-state index in [0.717, 1.165) is 29.2 Å². The van der Waals surface area contributed by atoms with Crippen LogP contribution in [-0.2, 0) is 31.4 Å². The van der Waals surface area contributed by atoms with Gasteiger partial charge in [-0.3, -0.25) is 24.0 Å². The van der Waals surface area contributed by atoms with E-state index >= 15 is 0 Å². The smallest absolute Gasteiger partial charge is 0.272 e. The predicted molar refractivity (Wildman–Crippen MR) is 185 cm³/mol. The van der Waals surface area contributed by atoms with Crippen molar-refractivity contribution in [2.45, 2.75) is 25.2 Å². The molecule has 49 heavy (non-hydrogen) atoms. The summed E-state index contributed by atoms with van der Waals surface area (Å²) in [5.74, 6) is -1.10. The molecule has 4 aromatic rings. The van der Waals surface area contributed by atoms with Gasteiger partial charge >= 0.3 is 0 Å². The number of fused-ring (bicyclic) bond motifs is 1. The van der Waals surface area contributed by atoms with E-state index in [4.69, 9.17) is 5.73 Å². The monoisotopic (exact) mass is 683 g/mol. The number of ketones is 1. The quantitative estimate of drug-likeness (QED) is 0.161. The molecule has 2 aliphatic carbocycles. The van der Waals surface area contributed by atoms with Crippen molar-refractivity contribution in [3.63, 3.8) is 0 Å². The molecule has 14 nitrogen and oxygen atoms in total. The van der Waals surface area contributed by atoms with Crippen LogP contribution >= 0.6 is 11.3 Å². The lowest BCUT2D eigenvalue weighted by Crippen LogP contribution is -2.32. The molecule has 3 aliphatic rings. The van der Waals surface area contributed by atoms with Gasteiger partial charge in [-0.25, -0.2) is 0 Å². The zero-order valence-corrected chi connectivity index (χ0v) is 28.4. The van der Waals surface area contributed by atoms with Crippen LogP contribution in [0.3, 0.4) is 0 Å². The lowest BCUT2D eigenvalue weighted by Gasteiger charge is -2.30. The van der Waals surface area contributed by atoms with E-state index in [0.29, 0.717) is 41.0 Å². The van der Waals surface area contributed by atoms with Crippen LogP contribution in [0.25, 0.3) is 0 Å². The normalized spacial score (nSPS) is 18.7. The SMILES string of the molecule is Cc1csc2c1[C@@]13C[C@@H]1CN(CNc1cc(C(=O)Nc4cc(C(=O)Nc5cc(C(=O)NCCC(N)=O)n(C)c5)n(C)c4)n(C)c1)C3=CC2=O. The van der Waals surface area contributed by atoms with Crippen molar-refractivity contribution < 1.29 is 24.0 Å². The third kappa shape index (κ3) is 5.59. The van der Waals surface area contributed by atoms with Crippen molar-refractivity contribution in [2.24, 2.45) is 32.8 Å². The summed E-state index contributed by atoms with van der Waals surface area (Å²) in [6, 6.07) is 4.88. The first-order valence-electron chi connectivity index (χ1n) is 15.9. The molecule has 15 heteroatoms. The Labute approximate surface area is 285 Å². The number of anilines is 3. The van der Waals surface area contributed by atoms with E-state index < -0.39 is 17.7 Å². The van der Waals surface area contributed by atoms with Crippen molar-refractivity contribution in [1.29, 1.82) is 0 Å². The minimum Gasteiger partial charge on any atom is -0.370 e. The van der Waals surface area contributed by atoms with Gasteiger partial charge in [0.2, 0.25) is 5.91 Å². The summed E-state index contributed by atoms with van der Waals surface area (Å²) in [7, 11) is 5.15. The molecule has 1 aliphatic heterocycles. The highest BCUT2D eigenvalue weighted by Crippen LogP contribution is 2.67. The number of nitrogens with two attached hydrogens (primary N) is 1. The topological polar surface area (TPSA) is 178 Å². The van der Waals surface area contributed by atoms with Gasteiger partial charge in [0.1, 0.15) is 17.1 Å². The Kier molecular flexibility index (Phi) is 7.73. The van der Waals surface area contributed by atoms with Gasteiger partial charge in [0.15, 0.2) is 5.78 Å².